The Morgan fingerprint density at radius 1 is 1.36 bits per heavy atom. The lowest BCUT2D eigenvalue weighted by molar-refractivity contribution is 0.149. The molecule has 4 nitrogen and oxygen atoms in total. The summed E-state index contributed by atoms with van der Waals surface area (Å²) in [6.45, 7) is 0.157. The Labute approximate surface area is 82.8 Å². The van der Waals surface area contributed by atoms with Crippen LogP contribution in [0.1, 0.15) is 5.56 Å². The summed E-state index contributed by atoms with van der Waals surface area (Å²) in [5.41, 5.74) is 11.7. The fourth-order valence-electron chi connectivity index (χ4n) is 1.16. The van der Waals surface area contributed by atoms with Crippen molar-refractivity contribution in [2.75, 3.05) is 6.61 Å². The molecule has 0 aliphatic heterocycles. The van der Waals surface area contributed by atoms with Crippen LogP contribution in [0.3, 0.4) is 0 Å². The molecule has 76 valence electrons. The zero-order valence-corrected chi connectivity index (χ0v) is 7.85. The SMILES string of the molecule is NC(=O)OCC(N)Cc1ccccc1. The molecule has 1 rings (SSSR count). The van der Waals surface area contributed by atoms with Crippen LogP contribution in [0.5, 0.6) is 0 Å². The minimum atomic E-state index is -0.784. The Bertz CT molecular complexity index is 287. The normalized spacial score (nSPS) is 12.1. The van der Waals surface area contributed by atoms with Crippen LogP contribution in [0.15, 0.2) is 30.3 Å². The summed E-state index contributed by atoms with van der Waals surface area (Å²) in [5, 5.41) is 0. The van der Waals surface area contributed by atoms with Crippen molar-refractivity contribution in [3.63, 3.8) is 0 Å². The van der Waals surface area contributed by atoms with Gasteiger partial charge in [-0.25, -0.2) is 4.79 Å². The zero-order chi connectivity index (χ0) is 10.4. The third kappa shape index (κ3) is 3.91. The van der Waals surface area contributed by atoms with E-state index in [1.165, 1.54) is 0 Å². The van der Waals surface area contributed by atoms with Gasteiger partial charge in [0.15, 0.2) is 0 Å². The maximum absolute atomic E-state index is 10.3. The average Bonchev–Trinajstić information content (AvgIpc) is 2.16. The summed E-state index contributed by atoms with van der Waals surface area (Å²) < 4.78 is 4.59. The Morgan fingerprint density at radius 2 is 2.00 bits per heavy atom. The highest BCUT2D eigenvalue weighted by molar-refractivity contribution is 5.64. The molecule has 1 aromatic carbocycles. The van der Waals surface area contributed by atoms with E-state index < -0.39 is 6.09 Å². The van der Waals surface area contributed by atoms with Gasteiger partial charge in [-0.05, 0) is 12.0 Å². The number of hydrogen-bond donors (Lipinski definition) is 2. The number of carbonyl (C=O) groups excluding carboxylic acids is 1. The monoisotopic (exact) mass is 194 g/mol. The van der Waals surface area contributed by atoms with Gasteiger partial charge in [-0.1, -0.05) is 30.3 Å². The molecule has 1 aromatic rings. The lowest BCUT2D eigenvalue weighted by Crippen LogP contribution is -2.31. The van der Waals surface area contributed by atoms with Crippen molar-refractivity contribution in [2.24, 2.45) is 11.5 Å². The summed E-state index contributed by atoms with van der Waals surface area (Å²) in [5.74, 6) is 0. The predicted molar refractivity (Wildman–Crippen MR) is 53.7 cm³/mol. The second kappa shape index (κ2) is 5.24. The highest BCUT2D eigenvalue weighted by Crippen LogP contribution is 2.01. The van der Waals surface area contributed by atoms with E-state index in [9.17, 15) is 4.79 Å². The van der Waals surface area contributed by atoms with E-state index in [0.717, 1.165) is 5.56 Å². The third-order valence-corrected chi connectivity index (χ3v) is 1.78. The van der Waals surface area contributed by atoms with Crippen molar-refractivity contribution in [1.29, 1.82) is 0 Å². The molecule has 0 saturated heterocycles. The molecule has 0 aliphatic rings. The van der Waals surface area contributed by atoms with E-state index in [1.54, 1.807) is 0 Å². The number of benzene rings is 1. The molecule has 0 radical (unpaired) electrons. The lowest BCUT2D eigenvalue weighted by atomic mass is 10.1. The zero-order valence-electron chi connectivity index (χ0n) is 7.85. The van der Waals surface area contributed by atoms with Gasteiger partial charge >= 0.3 is 6.09 Å². The molecule has 0 spiro atoms. The number of amides is 1. The van der Waals surface area contributed by atoms with Gasteiger partial charge in [-0.15, -0.1) is 0 Å². The first kappa shape index (κ1) is 10.5. The van der Waals surface area contributed by atoms with Gasteiger partial charge in [-0.3, -0.25) is 0 Å². The van der Waals surface area contributed by atoms with Crippen molar-refractivity contribution in [3.05, 3.63) is 35.9 Å². The van der Waals surface area contributed by atoms with E-state index >= 15 is 0 Å². The van der Waals surface area contributed by atoms with Gasteiger partial charge in [0.05, 0.1) is 0 Å². The molecule has 14 heavy (non-hydrogen) atoms. The maximum atomic E-state index is 10.3. The Hall–Kier alpha value is -1.55. The fourth-order valence-corrected chi connectivity index (χ4v) is 1.16. The lowest BCUT2D eigenvalue weighted by Gasteiger charge is -2.10. The number of primary amides is 1. The molecular weight excluding hydrogens is 180 g/mol. The van der Waals surface area contributed by atoms with Crippen molar-refractivity contribution < 1.29 is 9.53 Å². The standard InChI is InChI=1S/C10H14N2O2/c11-9(7-14-10(12)13)6-8-4-2-1-3-5-8/h1-5,9H,6-7,11H2,(H2,12,13). The molecule has 0 saturated carbocycles. The van der Waals surface area contributed by atoms with Crippen molar-refractivity contribution >= 4 is 6.09 Å². The van der Waals surface area contributed by atoms with E-state index in [0.29, 0.717) is 6.42 Å². The van der Waals surface area contributed by atoms with Gasteiger partial charge < -0.3 is 16.2 Å². The second-order valence-corrected chi connectivity index (χ2v) is 3.08. The van der Waals surface area contributed by atoms with Crippen LogP contribution in [-0.2, 0) is 11.2 Å². The molecule has 1 unspecified atom stereocenters. The number of ether oxygens (including phenoxy) is 1. The molecule has 0 fully saturated rings. The molecule has 1 amide bonds. The molecule has 4 N–H and O–H groups in total. The van der Waals surface area contributed by atoms with Crippen LogP contribution in [0.25, 0.3) is 0 Å². The van der Waals surface area contributed by atoms with Crippen LogP contribution in [0, 0.1) is 0 Å². The van der Waals surface area contributed by atoms with Gasteiger partial charge in [0, 0.05) is 6.04 Å². The minimum absolute atomic E-state index is 0.157. The van der Waals surface area contributed by atoms with Crippen LogP contribution in [0.2, 0.25) is 0 Å². The molecule has 4 heteroatoms. The van der Waals surface area contributed by atoms with Crippen molar-refractivity contribution in [3.8, 4) is 0 Å². The largest absolute Gasteiger partial charge is 0.448 e. The Balaban J connectivity index is 2.34. The van der Waals surface area contributed by atoms with E-state index in [1.807, 2.05) is 30.3 Å². The smallest absolute Gasteiger partial charge is 0.404 e. The summed E-state index contributed by atoms with van der Waals surface area (Å²) in [4.78, 5) is 10.3. The summed E-state index contributed by atoms with van der Waals surface area (Å²) in [6.07, 6.45) is -0.109. The van der Waals surface area contributed by atoms with E-state index in [-0.39, 0.29) is 12.6 Å². The molecule has 1 atom stereocenters. The molecule has 0 aliphatic carbocycles. The highest BCUT2D eigenvalue weighted by Gasteiger charge is 2.05. The van der Waals surface area contributed by atoms with Gasteiger partial charge in [-0.2, -0.15) is 0 Å². The van der Waals surface area contributed by atoms with Crippen LogP contribution in [-0.4, -0.2) is 18.7 Å². The van der Waals surface area contributed by atoms with Gasteiger partial charge in [0.25, 0.3) is 0 Å². The van der Waals surface area contributed by atoms with Gasteiger partial charge in [0.1, 0.15) is 6.61 Å². The topological polar surface area (TPSA) is 78.3 Å². The first-order chi connectivity index (χ1) is 6.68. The summed E-state index contributed by atoms with van der Waals surface area (Å²) >= 11 is 0. The first-order valence-corrected chi connectivity index (χ1v) is 4.40. The van der Waals surface area contributed by atoms with Crippen molar-refractivity contribution in [2.45, 2.75) is 12.5 Å². The van der Waals surface area contributed by atoms with E-state index in [2.05, 4.69) is 4.74 Å². The quantitative estimate of drug-likeness (QED) is 0.738. The van der Waals surface area contributed by atoms with Crippen LogP contribution < -0.4 is 11.5 Å². The molecule has 0 aromatic heterocycles. The number of hydrogen-bond acceptors (Lipinski definition) is 3. The number of nitrogens with two attached hydrogens (primary N) is 2. The van der Waals surface area contributed by atoms with Gasteiger partial charge in [0.2, 0.25) is 0 Å². The number of carbonyl (C=O) groups is 1. The minimum Gasteiger partial charge on any atom is -0.448 e. The Kier molecular flexibility index (Phi) is 3.94. The fraction of sp³-hybridized carbons (Fsp3) is 0.300. The predicted octanol–water partition coefficient (Wildman–Crippen LogP) is 0.652. The summed E-state index contributed by atoms with van der Waals surface area (Å²) in [6, 6.07) is 9.57. The van der Waals surface area contributed by atoms with Crippen LogP contribution in [0.4, 0.5) is 4.79 Å². The summed E-state index contributed by atoms with van der Waals surface area (Å²) in [7, 11) is 0. The third-order valence-electron chi connectivity index (χ3n) is 1.78. The number of rotatable bonds is 4. The highest BCUT2D eigenvalue weighted by atomic mass is 16.5. The Morgan fingerprint density at radius 3 is 2.57 bits per heavy atom. The second-order valence-electron chi connectivity index (χ2n) is 3.08. The first-order valence-electron chi connectivity index (χ1n) is 4.40. The molecule has 0 heterocycles. The molecule has 0 bridgehead atoms. The van der Waals surface area contributed by atoms with E-state index in [4.69, 9.17) is 11.5 Å². The molecular formula is C10H14N2O2. The van der Waals surface area contributed by atoms with Crippen LogP contribution >= 0.6 is 0 Å². The van der Waals surface area contributed by atoms with Crippen molar-refractivity contribution in [1.82, 2.24) is 0 Å². The average molecular weight is 194 g/mol. The maximum Gasteiger partial charge on any atom is 0.404 e.